The Hall–Kier alpha value is -2.06. The fourth-order valence-electron chi connectivity index (χ4n) is 1.20. The highest BCUT2D eigenvalue weighted by molar-refractivity contribution is 7.92. The number of nitrogens with two attached hydrogens (primary N) is 1. The summed E-state index contributed by atoms with van der Waals surface area (Å²) in [7, 11) is -3.63. The molecule has 1 aromatic heterocycles. The second-order valence-corrected chi connectivity index (χ2v) is 4.87. The molecule has 0 saturated heterocycles. The summed E-state index contributed by atoms with van der Waals surface area (Å²) in [5.41, 5.74) is 3.30. The lowest BCUT2D eigenvalue weighted by Gasteiger charge is -2.06. The molecule has 0 atom stereocenters. The third-order valence-electron chi connectivity index (χ3n) is 2.02. The van der Waals surface area contributed by atoms with E-state index in [2.05, 4.69) is 19.8 Å². The molecule has 0 amide bonds. The van der Waals surface area contributed by atoms with Crippen LogP contribution in [0.4, 0.5) is 11.4 Å². The molecule has 2 aromatic rings. The molecule has 0 aliphatic heterocycles. The first kappa shape index (κ1) is 11.4. The predicted octanol–water partition coefficient (Wildman–Crippen LogP) is 0.761. The number of nitrogen functional groups attached to an aromatic ring is 1. The number of aromatic nitrogens is 1. The van der Waals surface area contributed by atoms with Gasteiger partial charge in [-0.2, -0.15) is 0 Å². The van der Waals surface area contributed by atoms with Crippen LogP contribution in [-0.2, 0) is 10.0 Å². The van der Waals surface area contributed by atoms with Crippen LogP contribution >= 0.6 is 0 Å². The van der Waals surface area contributed by atoms with Crippen LogP contribution in [0.1, 0.15) is 0 Å². The minimum absolute atomic E-state index is 0.123. The Bertz CT molecular complexity index is 577. The Kier molecular flexibility index (Phi) is 2.98. The van der Waals surface area contributed by atoms with Crippen molar-refractivity contribution in [1.82, 2.24) is 5.16 Å². The highest BCUT2D eigenvalue weighted by Gasteiger charge is 2.14. The summed E-state index contributed by atoms with van der Waals surface area (Å²) in [5.74, 6) is 5.18. The van der Waals surface area contributed by atoms with Crippen molar-refractivity contribution in [1.29, 1.82) is 0 Å². The molecule has 17 heavy (non-hydrogen) atoms. The zero-order valence-electron chi connectivity index (χ0n) is 8.62. The zero-order valence-corrected chi connectivity index (χ0v) is 9.44. The average Bonchev–Trinajstić information content (AvgIpc) is 2.81. The number of nitrogens with one attached hydrogen (secondary N) is 2. The van der Waals surface area contributed by atoms with Gasteiger partial charge in [-0.25, -0.2) is 8.42 Å². The van der Waals surface area contributed by atoms with Gasteiger partial charge >= 0.3 is 0 Å². The van der Waals surface area contributed by atoms with E-state index in [1.54, 1.807) is 12.1 Å². The Morgan fingerprint density at radius 2 is 1.88 bits per heavy atom. The number of hydrogen-bond acceptors (Lipinski definition) is 6. The third kappa shape index (κ3) is 2.55. The number of rotatable bonds is 4. The SMILES string of the molecule is NNc1ccc(S(=O)(=O)Nc2cnoc2)cc1. The topological polar surface area (TPSA) is 110 Å². The summed E-state index contributed by atoms with van der Waals surface area (Å²) < 4.78 is 30.6. The zero-order chi connectivity index (χ0) is 12.3. The van der Waals surface area contributed by atoms with E-state index in [4.69, 9.17) is 5.84 Å². The summed E-state index contributed by atoms with van der Waals surface area (Å²) in [6, 6.07) is 5.99. The molecule has 1 aromatic carbocycles. The molecule has 0 unspecified atom stereocenters. The molecule has 7 nitrogen and oxygen atoms in total. The number of sulfonamides is 1. The summed E-state index contributed by atoms with van der Waals surface area (Å²) in [6.07, 6.45) is 2.47. The van der Waals surface area contributed by atoms with Crippen molar-refractivity contribution in [3.05, 3.63) is 36.7 Å². The van der Waals surface area contributed by atoms with Gasteiger partial charge in [0.25, 0.3) is 10.0 Å². The molecule has 8 heteroatoms. The predicted molar refractivity (Wildman–Crippen MR) is 61.6 cm³/mol. The van der Waals surface area contributed by atoms with Crippen LogP contribution in [0.2, 0.25) is 0 Å². The van der Waals surface area contributed by atoms with E-state index in [1.807, 2.05) is 0 Å². The highest BCUT2D eigenvalue weighted by Crippen LogP contribution is 2.17. The van der Waals surface area contributed by atoms with Gasteiger partial charge < -0.3 is 9.95 Å². The van der Waals surface area contributed by atoms with Crippen molar-refractivity contribution < 1.29 is 12.9 Å². The lowest BCUT2D eigenvalue weighted by Crippen LogP contribution is -2.13. The van der Waals surface area contributed by atoms with E-state index in [0.29, 0.717) is 5.69 Å². The number of benzene rings is 1. The van der Waals surface area contributed by atoms with Crippen LogP contribution in [0, 0.1) is 0 Å². The summed E-state index contributed by atoms with van der Waals surface area (Å²) >= 11 is 0. The van der Waals surface area contributed by atoms with Crippen molar-refractivity contribution in [2.75, 3.05) is 10.1 Å². The Morgan fingerprint density at radius 1 is 1.18 bits per heavy atom. The summed E-state index contributed by atoms with van der Waals surface area (Å²) in [6.45, 7) is 0. The maximum absolute atomic E-state index is 11.9. The van der Waals surface area contributed by atoms with Crippen LogP contribution in [0.3, 0.4) is 0 Å². The maximum Gasteiger partial charge on any atom is 0.262 e. The largest absolute Gasteiger partial charge is 0.362 e. The Morgan fingerprint density at radius 3 is 2.41 bits per heavy atom. The van der Waals surface area contributed by atoms with Crippen molar-refractivity contribution in [3.8, 4) is 0 Å². The molecule has 0 radical (unpaired) electrons. The maximum atomic E-state index is 11.9. The van der Waals surface area contributed by atoms with Gasteiger partial charge in [-0.15, -0.1) is 0 Å². The fraction of sp³-hybridized carbons (Fsp3) is 0. The summed E-state index contributed by atoms with van der Waals surface area (Å²) in [5, 5.41) is 3.40. The van der Waals surface area contributed by atoms with Crippen LogP contribution < -0.4 is 16.0 Å². The molecule has 0 bridgehead atoms. The molecule has 0 fully saturated rings. The van der Waals surface area contributed by atoms with Crippen LogP contribution in [-0.4, -0.2) is 13.6 Å². The van der Waals surface area contributed by atoms with Crippen molar-refractivity contribution in [2.45, 2.75) is 4.90 Å². The molecule has 4 N–H and O–H groups in total. The highest BCUT2D eigenvalue weighted by atomic mass is 32.2. The van der Waals surface area contributed by atoms with E-state index < -0.39 is 10.0 Å². The first-order valence-electron chi connectivity index (χ1n) is 4.61. The standard InChI is InChI=1S/C9H10N4O3S/c10-12-7-1-3-9(4-2-7)17(14,15)13-8-5-11-16-6-8/h1-6,12-13H,10H2. The van der Waals surface area contributed by atoms with Gasteiger partial charge in [-0.1, -0.05) is 5.16 Å². The normalized spacial score (nSPS) is 11.1. The van der Waals surface area contributed by atoms with Gasteiger partial charge in [-0.3, -0.25) is 10.6 Å². The van der Waals surface area contributed by atoms with E-state index in [1.165, 1.54) is 24.6 Å². The monoisotopic (exact) mass is 254 g/mol. The molecule has 0 saturated carbocycles. The van der Waals surface area contributed by atoms with E-state index in [-0.39, 0.29) is 10.6 Å². The molecule has 1 heterocycles. The average molecular weight is 254 g/mol. The molecule has 90 valence electrons. The minimum atomic E-state index is -3.63. The van der Waals surface area contributed by atoms with Gasteiger partial charge in [0.15, 0.2) is 0 Å². The minimum Gasteiger partial charge on any atom is -0.362 e. The summed E-state index contributed by atoms with van der Waals surface area (Å²) in [4.78, 5) is 0.123. The van der Waals surface area contributed by atoms with Crippen LogP contribution in [0.5, 0.6) is 0 Å². The molecule has 0 aliphatic rings. The third-order valence-corrected chi connectivity index (χ3v) is 3.41. The van der Waals surface area contributed by atoms with E-state index >= 15 is 0 Å². The van der Waals surface area contributed by atoms with E-state index in [0.717, 1.165) is 0 Å². The first-order valence-corrected chi connectivity index (χ1v) is 6.09. The lowest BCUT2D eigenvalue weighted by atomic mass is 10.3. The van der Waals surface area contributed by atoms with Gasteiger partial charge in [0.05, 0.1) is 11.1 Å². The number of hydrazine groups is 1. The lowest BCUT2D eigenvalue weighted by molar-refractivity contribution is 0.420. The van der Waals surface area contributed by atoms with Gasteiger partial charge in [0, 0.05) is 5.69 Å². The number of nitrogens with zero attached hydrogens (tertiary/aromatic N) is 1. The Balaban J connectivity index is 2.25. The quantitative estimate of drug-likeness (QED) is 0.549. The van der Waals surface area contributed by atoms with E-state index in [9.17, 15) is 8.42 Å². The Labute approximate surface area is 97.6 Å². The smallest absolute Gasteiger partial charge is 0.262 e. The number of hydrogen-bond donors (Lipinski definition) is 3. The molecular formula is C9H10N4O3S. The van der Waals surface area contributed by atoms with Crippen LogP contribution in [0.25, 0.3) is 0 Å². The van der Waals surface area contributed by atoms with Crippen molar-refractivity contribution in [2.24, 2.45) is 5.84 Å². The second-order valence-electron chi connectivity index (χ2n) is 3.19. The van der Waals surface area contributed by atoms with Crippen molar-refractivity contribution in [3.63, 3.8) is 0 Å². The second kappa shape index (κ2) is 4.44. The van der Waals surface area contributed by atoms with Crippen molar-refractivity contribution >= 4 is 21.4 Å². The van der Waals surface area contributed by atoms with Gasteiger partial charge in [0.2, 0.25) is 0 Å². The fourth-order valence-corrected chi connectivity index (χ4v) is 2.22. The number of anilines is 2. The molecule has 2 rings (SSSR count). The molecular weight excluding hydrogens is 244 g/mol. The van der Waals surface area contributed by atoms with Gasteiger partial charge in [0.1, 0.15) is 12.0 Å². The molecule has 0 aliphatic carbocycles. The molecule has 0 spiro atoms. The van der Waals surface area contributed by atoms with Gasteiger partial charge in [-0.05, 0) is 24.3 Å². The first-order chi connectivity index (χ1) is 8.12. The van der Waals surface area contributed by atoms with Crippen LogP contribution in [0.15, 0.2) is 46.1 Å².